The zero-order valence-corrected chi connectivity index (χ0v) is 16.5. The summed E-state index contributed by atoms with van der Waals surface area (Å²) in [6, 6.07) is 9.57. The molecule has 1 aliphatic heterocycles. The predicted molar refractivity (Wildman–Crippen MR) is 112 cm³/mol. The predicted octanol–water partition coefficient (Wildman–Crippen LogP) is 3.03. The molecule has 1 saturated heterocycles. The second kappa shape index (κ2) is 7.72. The van der Waals surface area contributed by atoms with Gasteiger partial charge in [0.15, 0.2) is 6.19 Å². The molecular weight excluding hydrogens is 397 g/mol. The van der Waals surface area contributed by atoms with E-state index in [1.54, 1.807) is 41.6 Å². The van der Waals surface area contributed by atoms with E-state index in [1.807, 2.05) is 0 Å². The number of H-pyrrole nitrogens is 1. The number of fused-ring (bicyclic) bond motifs is 2. The Bertz CT molecular complexity index is 1150. The summed E-state index contributed by atoms with van der Waals surface area (Å²) in [5, 5.41) is 22.7. The van der Waals surface area contributed by atoms with Gasteiger partial charge < -0.3 is 15.5 Å². The SMILES string of the molecule is N#CN1CC2CCC1[C@@H]2NC(=O)c1cc(-c2ccncc2Nc2ccc(F)cc2)n[nH]1. The minimum atomic E-state index is -0.312. The largest absolute Gasteiger partial charge is 0.354 e. The van der Waals surface area contributed by atoms with E-state index < -0.39 is 0 Å². The van der Waals surface area contributed by atoms with E-state index in [0.29, 0.717) is 35.2 Å². The van der Waals surface area contributed by atoms with Crippen molar-refractivity contribution in [3.05, 3.63) is 60.3 Å². The van der Waals surface area contributed by atoms with Gasteiger partial charge in [0, 0.05) is 24.0 Å². The van der Waals surface area contributed by atoms with Crippen LogP contribution >= 0.6 is 0 Å². The van der Waals surface area contributed by atoms with Crippen molar-refractivity contribution in [3.63, 3.8) is 0 Å². The molecule has 1 aliphatic carbocycles. The van der Waals surface area contributed by atoms with E-state index in [1.165, 1.54) is 12.1 Å². The first-order valence-corrected chi connectivity index (χ1v) is 10.1. The van der Waals surface area contributed by atoms with Gasteiger partial charge in [0.05, 0.1) is 29.7 Å². The highest BCUT2D eigenvalue weighted by Crippen LogP contribution is 2.37. The third kappa shape index (κ3) is 3.57. The van der Waals surface area contributed by atoms with Gasteiger partial charge >= 0.3 is 0 Å². The zero-order valence-electron chi connectivity index (χ0n) is 16.5. The Morgan fingerprint density at radius 1 is 1.26 bits per heavy atom. The second-order valence-corrected chi connectivity index (χ2v) is 7.88. The first kappa shape index (κ1) is 19.1. The molecule has 1 amide bonds. The summed E-state index contributed by atoms with van der Waals surface area (Å²) in [6.07, 6.45) is 7.47. The molecule has 3 heterocycles. The molecule has 156 valence electrons. The van der Waals surface area contributed by atoms with Crippen LogP contribution in [0.2, 0.25) is 0 Å². The molecule has 5 rings (SSSR count). The van der Waals surface area contributed by atoms with Crippen molar-refractivity contribution in [2.75, 3.05) is 11.9 Å². The maximum atomic E-state index is 13.2. The Labute approximate surface area is 178 Å². The first-order chi connectivity index (χ1) is 15.1. The number of hydrogen-bond donors (Lipinski definition) is 3. The van der Waals surface area contributed by atoms with Gasteiger partial charge in [-0.05, 0) is 55.2 Å². The maximum Gasteiger partial charge on any atom is 0.269 e. The van der Waals surface area contributed by atoms with Crippen LogP contribution in [0.15, 0.2) is 48.8 Å². The monoisotopic (exact) mass is 417 g/mol. The number of nitriles is 1. The molecule has 2 bridgehead atoms. The Morgan fingerprint density at radius 3 is 2.87 bits per heavy atom. The molecule has 2 aliphatic rings. The van der Waals surface area contributed by atoms with Gasteiger partial charge in [0.25, 0.3) is 5.91 Å². The van der Waals surface area contributed by atoms with Crippen LogP contribution in [0.5, 0.6) is 0 Å². The molecule has 3 atom stereocenters. The van der Waals surface area contributed by atoms with Gasteiger partial charge in [0.1, 0.15) is 11.5 Å². The Morgan fingerprint density at radius 2 is 2.10 bits per heavy atom. The highest BCUT2D eigenvalue weighted by atomic mass is 19.1. The Hall–Kier alpha value is -3.93. The molecular formula is C22H20FN7O. The van der Waals surface area contributed by atoms with Gasteiger partial charge in [0.2, 0.25) is 0 Å². The lowest BCUT2D eigenvalue weighted by atomic mass is 10.1. The third-order valence-corrected chi connectivity index (χ3v) is 6.06. The molecule has 8 nitrogen and oxygen atoms in total. The average Bonchev–Trinajstić information content (AvgIpc) is 3.51. The summed E-state index contributed by atoms with van der Waals surface area (Å²) in [4.78, 5) is 18.7. The van der Waals surface area contributed by atoms with Gasteiger partial charge in [-0.25, -0.2) is 4.39 Å². The second-order valence-electron chi connectivity index (χ2n) is 7.88. The molecule has 0 spiro atoms. The van der Waals surface area contributed by atoms with Gasteiger partial charge in [-0.15, -0.1) is 0 Å². The van der Waals surface area contributed by atoms with E-state index in [2.05, 4.69) is 32.0 Å². The minimum absolute atomic E-state index is 0.0180. The topological polar surface area (TPSA) is 110 Å². The number of benzene rings is 1. The van der Waals surface area contributed by atoms with Crippen LogP contribution < -0.4 is 10.6 Å². The van der Waals surface area contributed by atoms with Crippen LogP contribution in [0.4, 0.5) is 15.8 Å². The van der Waals surface area contributed by atoms with Crippen molar-refractivity contribution in [2.45, 2.75) is 24.9 Å². The number of pyridine rings is 1. The molecule has 1 saturated carbocycles. The van der Waals surface area contributed by atoms with Crippen LogP contribution in [0.3, 0.4) is 0 Å². The van der Waals surface area contributed by atoms with Crippen LogP contribution in [0.25, 0.3) is 11.3 Å². The van der Waals surface area contributed by atoms with E-state index in [0.717, 1.165) is 18.4 Å². The number of likely N-dealkylation sites (tertiary alicyclic amines) is 1. The molecule has 2 unspecified atom stereocenters. The lowest BCUT2D eigenvalue weighted by Gasteiger charge is -2.21. The van der Waals surface area contributed by atoms with E-state index in [9.17, 15) is 14.4 Å². The van der Waals surface area contributed by atoms with Crippen LogP contribution in [0.1, 0.15) is 23.3 Å². The third-order valence-electron chi connectivity index (χ3n) is 6.06. The number of carbonyl (C=O) groups excluding carboxylic acids is 1. The fourth-order valence-electron chi connectivity index (χ4n) is 4.54. The number of aromatic nitrogens is 3. The van der Waals surface area contributed by atoms with Crippen molar-refractivity contribution >= 4 is 17.3 Å². The summed E-state index contributed by atoms with van der Waals surface area (Å²) in [5.74, 6) is -0.237. The number of nitrogens with one attached hydrogen (secondary N) is 3. The highest BCUT2D eigenvalue weighted by Gasteiger charge is 2.47. The maximum absolute atomic E-state index is 13.2. The first-order valence-electron chi connectivity index (χ1n) is 10.1. The molecule has 2 fully saturated rings. The molecule has 0 radical (unpaired) electrons. The van der Waals surface area contributed by atoms with Crippen molar-refractivity contribution < 1.29 is 9.18 Å². The van der Waals surface area contributed by atoms with Gasteiger partial charge in [-0.1, -0.05) is 0 Å². The Kier molecular flexibility index (Phi) is 4.75. The summed E-state index contributed by atoms with van der Waals surface area (Å²) in [5.41, 5.74) is 3.10. The van der Waals surface area contributed by atoms with E-state index in [-0.39, 0.29) is 23.8 Å². The van der Waals surface area contributed by atoms with E-state index >= 15 is 0 Å². The number of aromatic amines is 1. The van der Waals surface area contributed by atoms with Gasteiger partial charge in [-0.2, -0.15) is 10.4 Å². The summed E-state index contributed by atoms with van der Waals surface area (Å²) in [6.45, 7) is 0.704. The molecule has 3 aromatic rings. The zero-order chi connectivity index (χ0) is 21.4. The average molecular weight is 417 g/mol. The van der Waals surface area contributed by atoms with Crippen molar-refractivity contribution in [3.8, 4) is 17.5 Å². The van der Waals surface area contributed by atoms with Crippen LogP contribution in [-0.2, 0) is 0 Å². The molecule has 1 aromatic carbocycles. The lowest BCUT2D eigenvalue weighted by Crippen LogP contribution is -2.42. The number of piperidine rings is 1. The fraction of sp³-hybridized carbons (Fsp3) is 0.273. The fourth-order valence-corrected chi connectivity index (χ4v) is 4.54. The lowest BCUT2D eigenvalue weighted by molar-refractivity contribution is 0.0924. The summed E-state index contributed by atoms with van der Waals surface area (Å²) in [7, 11) is 0. The number of hydrogen-bond acceptors (Lipinski definition) is 6. The summed E-state index contributed by atoms with van der Waals surface area (Å²) < 4.78 is 13.2. The number of halogens is 1. The van der Waals surface area contributed by atoms with Crippen LogP contribution in [-0.4, -0.2) is 44.6 Å². The quantitative estimate of drug-likeness (QED) is 0.551. The highest BCUT2D eigenvalue weighted by molar-refractivity contribution is 5.94. The standard InChI is InChI=1S/C22H20FN7O/c23-14-2-4-15(5-3-14)26-19-10-25-8-7-16(19)17-9-18(29-28-17)22(31)27-21-13-1-6-20(21)30(11-13)12-24/h2-5,7-10,13,20-21,26H,1,6,11H2,(H,27,31)(H,28,29)/t13?,20?,21-/m1/s1. The number of rotatable bonds is 5. The molecule has 2 aromatic heterocycles. The van der Waals surface area contributed by atoms with Crippen molar-refractivity contribution in [1.29, 1.82) is 5.26 Å². The van der Waals surface area contributed by atoms with Gasteiger partial charge in [-0.3, -0.25) is 14.9 Å². The smallest absolute Gasteiger partial charge is 0.269 e. The summed E-state index contributed by atoms with van der Waals surface area (Å²) >= 11 is 0. The number of nitrogens with zero attached hydrogens (tertiary/aromatic N) is 4. The normalized spacial score (nSPS) is 21.7. The molecule has 3 N–H and O–H groups in total. The number of anilines is 2. The Balaban J connectivity index is 1.34. The van der Waals surface area contributed by atoms with E-state index in [4.69, 9.17) is 0 Å². The molecule has 9 heteroatoms. The number of amides is 1. The van der Waals surface area contributed by atoms with Crippen LogP contribution in [0, 0.1) is 23.2 Å². The molecule has 31 heavy (non-hydrogen) atoms. The number of carbonyl (C=O) groups is 1. The van der Waals surface area contributed by atoms with Crippen molar-refractivity contribution in [2.24, 2.45) is 5.92 Å². The van der Waals surface area contributed by atoms with Crippen molar-refractivity contribution in [1.82, 2.24) is 25.4 Å². The minimum Gasteiger partial charge on any atom is -0.354 e.